The molecule has 1 aliphatic rings. The van der Waals surface area contributed by atoms with Crippen molar-refractivity contribution < 1.29 is 0 Å². The molecule has 0 spiro atoms. The highest BCUT2D eigenvalue weighted by Crippen LogP contribution is 2.42. The largest absolute Gasteiger partial charge is 0.334 e. The van der Waals surface area contributed by atoms with Crippen molar-refractivity contribution in [2.45, 2.75) is 12.5 Å². The standard InChI is InChI=1S/C46H35N3/c1-5-18-35(19-6-1)47(36-20-7-2-8-21-36)39-28-30-45-42(32-39)43-33-40(48(37-22-9-3-10-23-37)38-24-11-4-12-25-38)29-31-46(43)49(45)44-27-15-17-34-16-13-14-26-41(34)44/h1-24,26-33,38H,25H2. The summed E-state index contributed by atoms with van der Waals surface area (Å²) in [5, 5.41) is 4.90. The zero-order valence-electron chi connectivity index (χ0n) is 27.1. The van der Waals surface area contributed by atoms with Gasteiger partial charge in [0.2, 0.25) is 0 Å². The van der Waals surface area contributed by atoms with Crippen LogP contribution in [0.25, 0.3) is 38.3 Å². The molecule has 0 aliphatic heterocycles. The third-order valence-corrected chi connectivity index (χ3v) is 9.63. The maximum Gasteiger partial charge on any atom is 0.0559 e. The van der Waals surface area contributed by atoms with Gasteiger partial charge in [0.05, 0.1) is 22.8 Å². The van der Waals surface area contributed by atoms with Crippen molar-refractivity contribution in [3.63, 3.8) is 0 Å². The first-order chi connectivity index (χ1) is 24.3. The predicted molar refractivity (Wildman–Crippen MR) is 208 cm³/mol. The number of fused-ring (bicyclic) bond motifs is 4. The molecule has 3 nitrogen and oxygen atoms in total. The third-order valence-electron chi connectivity index (χ3n) is 9.63. The summed E-state index contributed by atoms with van der Waals surface area (Å²) in [6, 6.07) is 61.5. The number of hydrogen-bond donors (Lipinski definition) is 0. The molecule has 0 fully saturated rings. The molecule has 0 N–H and O–H groups in total. The molecule has 0 bridgehead atoms. The average Bonchev–Trinajstić information content (AvgIpc) is 3.49. The molecule has 0 saturated carbocycles. The second-order valence-corrected chi connectivity index (χ2v) is 12.6. The Labute approximate surface area is 286 Å². The Morgan fingerprint density at radius 1 is 0.449 bits per heavy atom. The highest BCUT2D eigenvalue weighted by atomic mass is 15.2. The van der Waals surface area contributed by atoms with Crippen molar-refractivity contribution in [2.24, 2.45) is 0 Å². The van der Waals surface area contributed by atoms with Crippen molar-refractivity contribution in [3.05, 3.63) is 194 Å². The number of hydrogen-bond acceptors (Lipinski definition) is 2. The van der Waals surface area contributed by atoms with Crippen molar-refractivity contribution in [1.82, 2.24) is 4.57 Å². The molecule has 3 heteroatoms. The van der Waals surface area contributed by atoms with Crippen LogP contribution in [0.1, 0.15) is 6.42 Å². The van der Waals surface area contributed by atoms with Crippen molar-refractivity contribution in [2.75, 3.05) is 9.80 Å². The Morgan fingerprint density at radius 2 is 1.02 bits per heavy atom. The van der Waals surface area contributed by atoms with Crippen LogP contribution in [0, 0.1) is 0 Å². The van der Waals surface area contributed by atoms with E-state index in [0.717, 1.165) is 23.5 Å². The topological polar surface area (TPSA) is 11.4 Å². The van der Waals surface area contributed by atoms with E-state index in [1.54, 1.807) is 0 Å². The van der Waals surface area contributed by atoms with Crippen LogP contribution in [0.3, 0.4) is 0 Å². The zero-order valence-corrected chi connectivity index (χ0v) is 27.1. The second kappa shape index (κ2) is 12.4. The molecule has 1 heterocycles. The zero-order chi connectivity index (χ0) is 32.6. The fourth-order valence-electron chi connectivity index (χ4n) is 7.43. The van der Waals surface area contributed by atoms with Gasteiger partial charge in [0, 0.05) is 44.6 Å². The Hall–Kier alpha value is -6.32. The van der Waals surface area contributed by atoms with Crippen molar-refractivity contribution in [1.29, 1.82) is 0 Å². The molecule has 234 valence electrons. The predicted octanol–water partition coefficient (Wildman–Crippen LogP) is 12.4. The summed E-state index contributed by atoms with van der Waals surface area (Å²) in [5.74, 6) is 0. The average molecular weight is 630 g/mol. The summed E-state index contributed by atoms with van der Waals surface area (Å²) < 4.78 is 2.45. The van der Waals surface area contributed by atoms with Crippen molar-refractivity contribution >= 4 is 61.0 Å². The maximum absolute atomic E-state index is 2.48. The van der Waals surface area contributed by atoms with Gasteiger partial charge in [0.15, 0.2) is 0 Å². The summed E-state index contributed by atoms with van der Waals surface area (Å²) >= 11 is 0. The number of nitrogens with zero attached hydrogens (tertiary/aromatic N) is 3. The first-order valence-corrected chi connectivity index (χ1v) is 17.0. The molecular weight excluding hydrogens is 595 g/mol. The molecule has 0 saturated heterocycles. The highest BCUT2D eigenvalue weighted by Gasteiger charge is 2.22. The molecule has 7 aromatic carbocycles. The summed E-state index contributed by atoms with van der Waals surface area (Å²) in [4.78, 5) is 4.82. The van der Waals surface area contributed by atoms with Gasteiger partial charge >= 0.3 is 0 Å². The van der Waals surface area contributed by atoms with E-state index in [1.807, 2.05) is 0 Å². The van der Waals surface area contributed by atoms with Crippen LogP contribution in [0.4, 0.5) is 28.4 Å². The Bertz CT molecular complexity index is 2430. The van der Waals surface area contributed by atoms with E-state index in [1.165, 1.54) is 49.6 Å². The second-order valence-electron chi connectivity index (χ2n) is 12.6. The van der Waals surface area contributed by atoms with Crippen molar-refractivity contribution in [3.8, 4) is 5.69 Å². The van der Waals surface area contributed by atoms with Gasteiger partial charge in [-0.3, -0.25) is 0 Å². The summed E-state index contributed by atoms with van der Waals surface area (Å²) in [6.07, 6.45) is 9.84. The Morgan fingerprint density at radius 3 is 1.67 bits per heavy atom. The van der Waals surface area contributed by atoms with Gasteiger partial charge < -0.3 is 14.4 Å². The third kappa shape index (κ3) is 5.17. The van der Waals surface area contributed by atoms with Gasteiger partial charge in [0.25, 0.3) is 0 Å². The van der Waals surface area contributed by atoms with Gasteiger partial charge in [-0.15, -0.1) is 0 Å². The van der Waals surface area contributed by atoms with E-state index >= 15 is 0 Å². The first kappa shape index (κ1) is 28.9. The number of benzene rings is 7. The van der Waals surface area contributed by atoms with Crippen LogP contribution in [0.5, 0.6) is 0 Å². The van der Waals surface area contributed by atoms with Gasteiger partial charge in [-0.1, -0.05) is 115 Å². The molecule has 49 heavy (non-hydrogen) atoms. The van der Waals surface area contributed by atoms with E-state index in [0.29, 0.717) is 0 Å². The Kier molecular flexibility index (Phi) is 7.29. The minimum atomic E-state index is 0.221. The van der Waals surface area contributed by atoms with E-state index in [-0.39, 0.29) is 6.04 Å². The summed E-state index contributed by atoms with van der Waals surface area (Å²) in [6.45, 7) is 0. The number of aromatic nitrogens is 1. The number of allylic oxidation sites excluding steroid dienone is 2. The lowest BCUT2D eigenvalue weighted by Crippen LogP contribution is -2.29. The van der Waals surface area contributed by atoms with E-state index in [9.17, 15) is 0 Å². The van der Waals surface area contributed by atoms with Crippen LogP contribution >= 0.6 is 0 Å². The van der Waals surface area contributed by atoms with Gasteiger partial charge in [-0.05, 0) is 90.7 Å². The number of rotatable bonds is 7. The first-order valence-electron chi connectivity index (χ1n) is 17.0. The molecule has 1 aliphatic carbocycles. The number of para-hydroxylation sites is 3. The smallest absolute Gasteiger partial charge is 0.0559 e. The highest BCUT2D eigenvalue weighted by molar-refractivity contribution is 6.13. The fraction of sp³-hybridized carbons (Fsp3) is 0.0435. The summed E-state index contributed by atoms with van der Waals surface area (Å²) in [5.41, 5.74) is 9.27. The SMILES string of the molecule is C1=CCC(N(c2ccccc2)c2ccc3c(c2)c2cc(N(c4ccccc4)c4ccccc4)ccc2n3-c2cccc3ccccc23)C=C1. The monoisotopic (exact) mass is 629 g/mol. The van der Waals surface area contributed by atoms with Crippen LogP contribution < -0.4 is 9.80 Å². The van der Waals surface area contributed by atoms with Gasteiger partial charge in [-0.25, -0.2) is 0 Å². The van der Waals surface area contributed by atoms with E-state index in [4.69, 9.17) is 0 Å². The van der Waals surface area contributed by atoms with Crippen LogP contribution in [-0.2, 0) is 0 Å². The van der Waals surface area contributed by atoms with Gasteiger partial charge in [0.1, 0.15) is 0 Å². The summed E-state index contributed by atoms with van der Waals surface area (Å²) in [7, 11) is 0. The van der Waals surface area contributed by atoms with E-state index < -0.39 is 0 Å². The molecule has 1 unspecified atom stereocenters. The molecule has 9 rings (SSSR count). The Balaban J connectivity index is 1.32. The minimum Gasteiger partial charge on any atom is -0.334 e. The molecule has 0 radical (unpaired) electrons. The van der Waals surface area contributed by atoms with E-state index in [2.05, 4.69) is 209 Å². The lowest BCUT2D eigenvalue weighted by atomic mass is 10.0. The molecule has 0 amide bonds. The molecule has 1 aromatic heterocycles. The molecule has 1 atom stereocenters. The quantitative estimate of drug-likeness (QED) is 0.174. The maximum atomic E-state index is 2.48. The molecule has 8 aromatic rings. The van der Waals surface area contributed by atoms with Crippen LogP contribution in [0.2, 0.25) is 0 Å². The molecular formula is C46H35N3. The number of anilines is 5. The minimum absolute atomic E-state index is 0.221. The normalized spacial score (nSPS) is 14.1. The lowest BCUT2D eigenvalue weighted by molar-refractivity contribution is 0.785. The fourth-order valence-corrected chi connectivity index (χ4v) is 7.43. The van der Waals surface area contributed by atoms with Crippen LogP contribution in [-0.4, -0.2) is 10.6 Å². The lowest BCUT2D eigenvalue weighted by Gasteiger charge is -2.32. The van der Waals surface area contributed by atoms with Crippen LogP contribution in [0.15, 0.2) is 194 Å². The van der Waals surface area contributed by atoms with Gasteiger partial charge in [-0.2, -0.15) is 0 Å².